The van der Waals surface area contributed by atoms with Crippen LogP contribution in [-0.4, -0.2) is 64.6 Å². The quantitative estimate of drug-likeness (QED) is 0.716. The maximum absolute atomic E-state index is 13.0. The summed E-state index contributed by atoms with van der Waals surface area (Å²) in [6.45, 7) is 2.87. The monoisotopic (exact) mass is 446 g/mol. The van der Waals surface area contributed by atoms with E-state index in [1.54, 1.807) is 11.8 Å². The van der Waals surface area contributed by atoms with Gasteiger partial charge < -0.3 is 15.7 Å². The van der Waals surface area contributed by atoms with Crippen molar-refractivity contribution in [2.45, 2.75) is 36.6 Å². The van der Waals surface area contributed by atoms with E-state index in [-0.39, 0.29) is 42.3 Å². The summed E-state index contributed by atoms with van der Waals surface area (Å²) in [5, 5.41) is 9.72. The topological polar surface area (TPSA) is 126 Å². The van der Waals surface area contributed by atoms with Crippen molar-refractivity contribution in [3.8, 4) is 0 Å². The predicted molar refractivity (Wildman–Crippen MR) is 102 cm³/mol. The molecule has 0 spiro atoms. The molecule has 9 nitrogen and oxygen atoms in total. The molecule has 0 aromatic carbocycles. The van der Waals surface area contributed by atoms with E-state index in [9.17, 15) is 26.7 Å². The number of alkyl halides is 3. The first-order valence-electron chi connectivity index (χ1n) is 8.94. The van der Waals surface area contributed by atoms with Gasteiger partial charge in [0.05, 0.1) is 0 Å². The summed E-state index contributed by atoms with van der Waals surface area (Å²) in [6.07, 6.45) is -1.84. The molecule has 1 unspecified atom stereocenters. The van der Waals surface area contributed by atoms with E-state index in [4.69, 9.17) is 5.73 Å². The van der Waals surface area contributed by atoms with Crippen molar-refractivity contribution >= 4 is 21.8 Å². The van der Waals surface area contributed by atoms with Crippen LogP contribution in [0.1, 0.15) is 19.4 Å². The largest absolute Gasteiger partial charge is 0.421 e. The van der Waals surface area contributed by atoms with E-state index in [1.807, 2.05) is 0 Å². The molecule has 2 aromatic rings. The molecular weight excluding hydrogens is 425 g/mol. The Balaban J connectivity index is 1.75. The van der Waals surface area contributed by atoms with Crippen LogP contribution in [0.3, 0.4) is 0 Å². The number of anilines is 2. The fourth-order valence-corrected chi connectivity index (χ4v) is 4.48. The molecule has 13 heteroatoms. The molecule has 2 atom stereocenters. The third kappa shape index (κ3) is 4.04. The number of aromatic nitrogens is 3. The first-order chi connectivity index (χ1) is 13.8. The van der Waals surface area contributed by atoms with Gasteiger partial charge >= 0.3 is 6.18 Å². The Bertz CT molecular complexity index is 997. The number of halogens is 3. The molecular formula is C17H21F3N6O3S. The van der Waals surface area contributed by atoms with Crippen LogP contribution in [-0.2, 0) is 15.6 Å². The predicted octanol–water partition coefficient (Wildman–Crippen LogP) is 1.12. The Hall–Kier alpha value is -2.51. The zero-order valence-electron chi connectivity index (χ0n) is 16.2. The lowest BCUT2D eigenvalue weighted by atomic mass is 9.99. The van der Waals surface area contributed by atoms with Crippen molar-refractivity contribution in [2.24, 2.45) is 0 Å². The van der Waals surface area contributed by atoms with Gasteiger partial charge in [-0.3, -0.25) is 0 Å². The smallest absolute Gasteiger partial charge is 0.384 e. The molecule has 1 saturated heterocycles. The van der Waals surface area contributed by atoms with Gasteiger partial charge in [-0.1, -0.05) is 0 Å². The fourth-order valence-electron chi connectivity index (χ4n) is 3.02. The lowest BCUT2D eigenvalue weighted by Crippen LogP contribution is -2.54. The minimum atomic E-state index is -4.87. The molecule has 1 aliphatic heterocycles. The zero-order valence-corrected chi connectivity index (χ0v) is 17.0. The normalized spacial score (nSPS) is 20.7. The summed E-state index contributed by atoms with van der Waals surface area (Å²) >= 11 is 0. The van der Waals surface area contributed by atoms with Crippen LogP contribution in [0.4, 0.5) is 24.9 Å². The van der Waals surface area contributed by atoms with Gasteiger partial charge in [0.1, 0.15) is 10.7 Å². The molecule has 0 radical (unpaired) electrons. The number of hydrogen-bond acceptors (Lipinski definition) is 8. The highest BCUT2D eigenvalue weighted by Gasteiger charge is 2.51. The summed E-state index contributed by atoms with van der Waals surface area (Å²) < 4.78 is 65.8. The van der Waals surface area contributed by atoms with E-state index in [2.05, 4.69) is 15.0 Å². The Morgan fingerprint density at radius 3 is 2.27 bits per heavy atom. The molecule has 3 rings (SSSR count). The lowest BCUT2D eigenvalue weighted by molar-refractivity contribution is -0.259. The number of nitrogen functional groups attached to an aromatic ring is 1. The van der Waals surface area contributed by atoms with Crippen molar-refractivity contribution in [1.82, 2.24) is 19.3 Å². The Morgan fingerprint density at radius 1 is 1.13 bits per heavy atom. The Kier molecular flexibility index (Phi) is 5.64. The van der Waals surface area contributed by atoms with Crippen LogP contribution in [0.2, 0.25) is 0 Å². The molecule has 3 N–H and O–H groups in total. The minimum absolute atomic E-state index is 0.0207. The van der Waals surface area contributed by atoms with Gasteiger partial charge in [0, 0.05) is 49.8 Å². The number of nitrogens with zero attached hydrogens (tertiary/aromatic N) is 5. The van der Waals surface area contributed by atoms with Gasteiger partial charge in [-0.15, -0.1) is 0 Å². The number of nitrogens with two attached hydrogens (primary N) is 1. The van der Waals surface area contributed by atoms with Crippen LogP contribution in [0, 0.1) is 0 Å². The van der Waals surface area contributed by atoms with Gasteiger partial charge in [0.2, 0.25) is 16.0 Å². The summed E-state index contributed by atoms with van der Waals surface area (Å²) in [6, 6.07) is 2.44. The average Bonchev–Trinajstić information content (AvgIpc) is 2.67. The minimum Gasteiger partial charge on any atom is -0.384 e. The highest BCUT2D eigenvalue weighted by Crippen LogP contribution is 2.38. The van der Waals surface area contributed by atoms with E-state index in [0.29, 0.717) is 6.92 Å². The molecule has 0 bridgehead atoms. The summed E-state index contributed by atoms with van der Waals surface area (Å²) in [5.41, 5.74) is 1.94. The molecule has 1 fully saturated rings. The second-order valence-corrected chi connectivity index (χ2v) is 9.10. The van der Waals surface area contributed by atoms with Crippen molar-refractivity contribution in [3.63, 3.8) is 0 Å². The van der Waals surface area contributed by atoms with Gasteiger partial charge in [-0.2, -0.15) is 17.5 Å². The number of pyridine rings is 1. The molecule has 1 aliphatic rings. The first-order valence-corrected chi connectivity index (χ1v) is 10.4. The Labute approximate surface area is 171 Å². The van der Waals surface area contributed by atoms with Gasteiger partial charge in [-0.25, -0.2) is 23.4 Å². The van der Waals surface area contributed by atoms with Crippen LogP contribution in [0.5, 0.6) is 0 Å². The van der Waals surface area contributed by atoms with Crippen molar-refractivity contribution in [2.75, 3.05) is 30.3 Å². The van der Waals surface area contributed by atoms with Crippen molar-refractivity contribution in [1.29, 1.82) is 0 Å². The maximum atomic E-state index is 13.0. The van der Waals surface area contributed by atoms with E-state index in [0.717, 1.165) is 12.4 Å². The number of piperazine rings is 1. The van der Waals surface area contributed by atoms with Gasteiger partial charge in [-0.05, 0) is 26.0 Å². The van der Waals surface area contributed by atoms with Crippen molar-refractivity contribution < 1.29 is 26.7 Å². The van der Waals surface area contributed by atoms with Crippen LogP contribution >= 0.6 is 0 Å². The molecule has 3 heterocycles. The summed E-state index contributed by atoms with van der Waals surface area (Å²) in [7, 11) is -3.77. The summed E-state index contributed by atoms with van der Waals surface area (Å²) in [5.74, 6) is 0.354. The highest BCUT2D eigenvalue weighted by molar-refractivity contribution is 7.89. The third-order valence-electron chi connectivity index (χ3n) is 5.00. The average molecular weight is 446 g/mol. The molecule has 164 valence electrons. The van der Waals surface area contributed by atoms with Gasteiger partial charge in [0.25, 0.3) is 0 Å². The first kappa shape index (κ1) is 22.2. The second kappa shape index (κ2) is 7.63. The van der Waals surface area contributed by atoms with E-state index >= 15 is 0 Å². The van der Waals surface area contributed by atoms with E-state index < -0.39 is 27.4 Å². The summed E-state index contributed by atoms with van der Waals surface area (Å²) in [4.78, 5) is 13.4. The zero-order chi connectivity index (χ0) is 22.3. The van der Waals surface area contributed by atoms with Crippen LogP contribution in [0.25, 0.3) is 0 Å². The SMILES string of the molecule is C[C@H]1CN(S(=O)(=O)c2ccc(N)nc2)CCN1c1ncc(C(C)(O)C(F)(F)F)cn1. The highest BCUT2D eigenvalue weighted by atomic mass is 32.2. The molecule has 30 heavy (non-hydrogen) atoms. The molecule has 0 saturated carbocycles. The molecule has 0 aliphatic carbocycles. The van der Waals surface area contributed by atoms with Crippen LogP contribution in [0.15, 0.2) is 35.6 Å². The third-order valence-corrected chi connectivity index (χ3v) is 6.85. The molecule has 0 amide bonds. The number of sulfonamides is 1. The number of hydrogen-bond donors (Lipinski definition) is 2. The van der Waals surface area contributed by atoms with Crippen LogP contribution < -0.4 is 10.6 Å². The van der Waals surface area contributed by atoms with Gasteiger partial charge in [0.15, 0.2) is 5.60 Å². The van der Waals surface area contributed by atoms with E-state index in [1.165, 1.54) is 22.6 Å². The maximum Gasteiger partial charge on any atom is 0.421 e. The number of aliphatic hydroxyl groups is 1. The number of rotatable bonds is 4. The second-order valence-electron chi connectivity index (χ2n) is 7.17. The Morgan fingerprint density at radius 2 is 1.77 bits per heavy atom. The lowest BCUT2D eigenvalue weighted by Gasteiger charge is -2.39. The van der Waals surface area contributed by atoms with Crippen molar-refractivity contribution in [3.05, 3.63) is 36.3 Å². The standard InChI is InChI=1S/C17H21F3N6O3S/c1-11-10-25(30(28,29)13-3-4-14(21)22-9-13)5-6-26(11)15-23-7-12(8-24-15)16(2,27)17(18,19)20/h3-4,7-9,11,27H,5-6,10H2,1-2H3,(H2,21,22)/t11-,16?/m0/s1. The molecule has 2 aromatic heterocycles. The fraction of sp³-hybridized carbons (Fsp3) is 0.471.